The third-order valence-electron chi connectivity index (χ3n) is 3.34. The van der Waals surface area contributed by atoms with Gasteiger partial charge in [-0.15, -0.1) is 12.4 Å². The quantitative estimate of drug-likeness (QED) is 0.665. The van der Waals surface area contributed by atoms with Crippen LogP contribution in [0, 0.1) is 10.1 Å². The SMILES string of the molecule is CC1CN(S(=O)(=O)c2cccc([N+](=O)[O-])c2)C(C)CN1.Cl. The minimum absolute atomic E-state index is 0. The number of non-ortho nitro benzene ring substituents is 1. The predicted molar refractivity (Wildman–Crippen MR) is 81.2 cm³/mol. The summed E-state index contributed by atoms with van der Waals surface area (Å²) in [5, 5.41) is 14.0. The van der Waals surface area contributed by atoms with Crippen LogP contribution in [-0.4, -0.2) is 42.8 Å². The summed E-state index contributed by atoms with van der Waals surface area (Å²) >= 11 is 0. The lowest BCUT2D eigenvalue weighted by molar-refractivity contribution is -0.385. The maximum Gasteiger partial charge on any atom is 0.270 e. The molecule has 9 heteroatoms. The number of sulfonamides is 1. The largest absolute Gasteiger partial charge is 0.311 e. The van der Waals surface area contributed by atoms with Crippen LogP contribution in [0.5, 0.6) is 0 Å². The van der Waals surface area contributed by atoms with E-state index in [1.165, 1.54) is 22.5 Å². The average molecular weight is 336 g/mol. The number of rotatable bonds is 3. The molecule has 1 aromatic carbocycles. The second-order valence-electron chi connectivity index (χ2n) is 4.99. The fraction of sp³-hybridized carbons (Fsp3) is 0.500. The maximum atomic E-state index is 12.6. The van der Waals surface area contributed by atoms with E-state index in [0.29, 0.717) is 13.1 Å². The number of nitro benzene ring substituents is 1. The molecule has 0 aliphatic carbocycles. The van der Waals surface area contributed by atoms with Gasteiger partial charge in [0.25, 0.3) is 5.69 Å². The van der Waals surface area contributed by atoms with Gasteiger partial charge >= 0.3 is 0 Å². The molecule has 21 heavy (non-hydrogen) atoms. The fourth-order valence-corrected chi connectivity index (χ4v) is 3.98. The molecule has 1 N–H and O–H groups in total. The summed E-state index contributed by atoms with van der Waals surface area (Å²) in [4.78, 5) is 10.1. The summed E-state index contributed by atoms with van der Waals surface area (Å²) in [7, 11) is -3.71. The van der Waals surface area contributed by atoms with Crippen molar-refractivity contribution in [1.29, 1.82) is 0 Å². The highest BCUT2D eigenvalue weighted by molar-refractivity contribution is 7.89. The first kappa shape index (κ1) is 17.8. The van der Waals surface area contributed by atoms with Crippen LogP contribution in [0.3, 0.4) is 0 Å². The number of hydrogen-bond acceptors (Lipinski definition) is 5. The first-order chi connectivity index (χ1) is 9.32. The molecule has 118 valence electrons. The van der Waals surface area contributed by atoms with Crippen molar-refractivity contribution in [3.05, 3.63) is 34.4 Å². The van der Waals surface area contributed by atoms with Crippen molar-refractivity contribution in [3.63, 3.8) is 0 Å². The first-order valence-corrected chi connectivity index (χ1v) is 7.76. The van der Waals surface area contributed by atoms with E-state index < -0.39 is 14.9 Å². The molecule has 0 amide bonds. The van der Waals surface area contributed by atoms with Crippen LogP contribution in [0.4, 0.5) is 5.69 Å². The summed E-state index contributed by atoms with van der Waals surface area (Å²) in [6.07, 6.45) is 0. The molecule has 0 bridgehead atoms. The molecule has 0 saturated carbocycles. The van der Waals surface area contributed by atoms with Crippen molar-refractivity contribution < 1.29 is 13.3 Å². The number of benzene rings is 1. The molecule has 1 aliphatic rings. The Balaban J connectivity index is 0.00000220. The zero-order valence-corrected chi connectivity index (χ0v) is 13.4. The number of nitrogens with zero attached hydrogens (tertiary/aromatic N) is 2. The second-order valence-corrected chi connectivity index (χ2v) is 6.88. The highest BCUT2D eigenvalue weighted by atomic mass is 35.5. The Morgan fingerprint density at radius 3 is 2.67 bits per heavy atom. The number of halogens is 1. The topological polar surface area (TPSA) is 92.5 Å². The summed E-state index contributed by atoms with van der Waals surface area (Å²) < 4.78 is 26.6. The molecule has 1 fully saturated rings. The van der Waals surface area contributed by atoms with Gasteiger partial charge in [-0.05, 0) is 19.9 Å². The lowest BCUT2D eigenvalue weighted by atomic mass is 10.2. The maximum absolute atomic E-state index is 12.6. The Morgan fingerprint density at radius 2 is 2.05 bits per heavy atom. The monoisotopic (exact) mass is 335 g/mol. The fourth-order valence-electron chi connectivity index (χ4n) is 2.22. The van der Waals surface area contributed by atoms with Crippen LogP contribution in [0.25, 0.3) is 0 Å². The van der Waals surface area contributed by atoms with E-state index in [9.17, 15) is 18.5 Å². The van der Waals surface area contributed by atoms with Crippen molar-refractivity contribution in [2.75, 3.05) is 13.1 Å². The zero-order chi connectivity index (χ0) is 14.9. The average Bonchev–Trinajstić information content (AvgIpc) is 2.41. The van der Waals surface area contributed by atoms with Gasteiger partial charge in [0.05, 0.1) is 9.82 Å². The van der Waals surface area contributed by atoms with Crippen molar-refractivity contribution in [1.82, 2.24) is 9.62 Å². The zero-order valence-electron chi connectivity index (χ0n) is 11.7. The summed E-state index contributed by atoms with van der Waals surface area (Å²) in [6, 6.07) is 5.04. The molecule has 1 aromatic rings. The molecule has 7 nitrogen and oxygen atoms in total. The van der Waals surface area contributed by atoms with Crippen LogP contribution in [0.15, 0.2) is 29.2 Å². The van der Waals surface area contributed by atoms with Gasteiger partial charge in [0.2, 0.25) is 10.0 Å². The number of nitro groups is 1. The van der Waals surface area contributed by atoms with Gasteiger partial charge in [-0.3, -0.25) is 10.1 Å². The van der Waals surface area contributed by atoms with Gasteiger partial charge in [-0.25, -0.2) is 8.42 Å². The molecule has 2 rings (SSSR count). The second kappa shape index (κ2) is 6.69. The van der Waals surface area contributed by atoms with Crippen LogP contribution in [-0.2, 0) is 10.0 Å². The van der Waals surface area contributed by atoms with Gasteiger partial charge in [0, 0.05) is 37.3 Å². The van der Waals surface area contributed by atoms with E-state index in [0.717, 1.165) is 6.07 Å². The standard InChI is InChI=1S/C12H17N3O4S.ClH/c1-9-8-14(10(2)7-13-9)20(18,19)12-5-3-4-11(6-12)15(16)17;/h3-6,9-10,13H,7-8H2,1-2H3;1H. The molecule has 0 spiro atoms. The Bertz CT molecular complexity index is 623. The van der Waals surface area contributed by atoms with Crippen molar-refractivity contribution >= 4 is 28.1 Å². The molecule has 0 radical (unpaired) electrons. The van der Waals surface area contributed by atoms with Crippen molar-refractivity contribution in [2.45, 2.75) is 30.8 Å². The van der Waals surface area contributed by atoms with E-state index in [4.69, 9.17) is 0 Å². The summed E-state index contributed by atoms with van der Waals surface area (Å²) in [6.45, 7) is 4.64. The first-order valence-electron chi connectivity index (χ1n) is 6.32. The number of piperazine rings is 1. The van der Waals surface area contributed by atoms with Crippen LogP contribution >= 0.6 is 12.4 Å². The highest BCUT2D eigenvalue weighted by Gasteiger charge is 2.33. The molecular formula is C12H18ClN3O4S. The van der Waals surface area contributed by atoms with Crippen LogP contribution in [0.2, 0.25) is 0 Å². The van der Waals surface area contributed by atoms with Gasteiger partial charge < -0.3 is 5.32 Å². The van der Waals surface area contributed by atoms with E-state index in [1.54, 1.807) is 0 Å². The summed E-state index contributed by atoms with van der Waals surface area (Å²) in [5.41, 5.74) is -0.220. The number of nitrogens with one attached hydrogen (secondary N) is 1. The van der Waals surface area contributed by atoms with Gasteiger partial charge in [-0.1, -0.05) is 6.07 Å². The van der Waals surface area contributed by atoms with Gasteiger partial charge in [0.1, 0.15) is 0 Å². The van der Waals surface area contributed by atoms with Crippen LogP contribution in [0.1, 0.15) is 13.8 Å². The minimum atomic E-state index is -3.71. The third-order valence-corrected chi connectivity index (χ3v) is 5.32. The van der Waals surface area contributed by atoms with Crippen LogP contribution < -0.4 is 5.32 Å². The van der Waals surface area contributed by atoms with Gasteiger partial charge in [-0.2, -0.15) is 4.31 Å². The third kappa shape index (κ3) is 3.70. The van der Waals surface area contributed by atoms with Gasteiger partial charge in [0.15, 0.2) is 0 Å². The Kier molecular flexibility index (Phi) is 5.68. The minimum Gasteiger partial charge on any atom is -0.311 e. The lowest BCUT2D eigenvalue weighted by Gasteiger charge is -2.36. The molecule has 0 aromatic heterocycles. The lowest BCUT2D eigenvalue weighted by Crippen LogP contribution is -2.56. The smallest absolute Gasteiger partial charge is 0.270 e. The molecule has 1 saturated heterocycles. The van der Waals surface area contributed by atoms with Crippen molar-refractivity contribution in [3.8, 4) is 0 Å². The Morgan fingerprint density at radius 1 is 1.38 bits per heavy atom. The molecule has 1 aliphatic heterocycles. The van der Waals surface area contributed by atoms with E-state index >= 15 is 0 Å². The van der Waals surface area contributed by atoms with E-state index in [2.05, 4.69) is 5.32 Å². The number of hydrogen-bond donors (Lipinski definition) is 1. The highest BCUT2D eigenvalue weighted by Crippen LogP contribution is 2.23. The molecule has 2 unspecified atom stereocenters. The van der Waals surface area contributed by atoms with E-state index in [1.807, 2.05) is 13.8 Å². The summed E-state index contributed by atoms with van der Waals surface area (Å²) in [5.74, 6) is 0. The normalized spacial score (nSPS) is 23.3. The molecular weight excluding hydrogens is 318 g/mol. The molecule has 2 atom stereocenters. The van der Waals surface area contributed by atoms with Crippen molar-refractivity contribution in [2.24, 2.45) is 0 Å². The van der Waals surface area contributed by atoms with E-state index in [-0.39, 0.29) is 35.1 Å². The molecule has 1 heterocycles. The predicted octanol–water partition coefficient (Wildman–Crippen LogP) is 1.39. The Hall–Kier alpha value is -1.22. The Labute approximate surface area is 129 Å².